The second-order valence-electron chi connectivity index (χ2n) is 4.40. The third-order valence-corrected chi connectivity index (χ3v) is 2.88. The predicted octanol–water partition coefficient (Wildman–Crippen LogP) is 0.832. The van der Waals surface area contributed by atoms with Gasteiger partial charge in [-0.15, -0.1) is 0 Å². The summed E-state index contributed by atoms with van der Waals surface area (Å²) in [5.74, 6) is -0.997. The fourth-order valence-electron chi connectivity index (χ4n) is 2.07. The molecule has 0 amide bonds. The van der Waals surface area contributed by atoms with Crippen molar-refractivity contribution in [2.24, 2.45) is 4.99 Å². The first-order valence-electron chi connectivity index (χ1n) is 6.01. The number of carbonyl (C=O) groups is 1. The molecule has 22 heavy (non-hydrogen) atoms. The highest BCUT2D eigenvalue weighted by Gasteiger charge is 2.31. The number of hydrogen-bond donors (Lipinski definition) is 2. The Morgan fingerprint density at radius 2 is 2.09 bits per heavy atom. The van der Waals surface area contributed by atoms with E-state index < -0.39 is 21.9 Å². The van der Waals surface area contributed by atoms with Crippen LogP contribution < -0.4 is 10.7 Å². The van der Waals surface area contributed by atoms with Crippen LogP contribution in [0.5, 0.6) is 0 Å². The minimum Gasteiger partial charge on any atom is -0.403 e. The van der Waals surface area contributed by atoms with E-state index >= 15 is 0 Å². The van der Waals surface area contributed by atoms with Crippen molar-refractivity contribution in [2.45, 2.75) is 19.9 Å². The van der Waals surface area contributed by atoms with Gasteiger partial charge in [0.05, 0.1) is 6.07 Å². The number of guanidine groups is 1. The Bertz CT molecular complexity index is 718. The molecule has 0 bridgehead atoms. The summed E-state index contributed by atoms with van der Waals surface area (Å²) in [6, 6.07) is 1.42. The van der Waals surface area contributed by atoms with Crippen LogP contribution in [-0.2, 0) is 4.79 Å². The highest BCUT2D eigenvalue weighted by atomic mass is 16.7. The van der Waals surface area contributed by atoms with E-state index in [2.05, 4.69) is 10.3 Å². The maximum absolute atomic E-state index is 11.8. The van der Waals surface area contributed by atoms with Crippen LogP contribution in [0.1, 0.15) is 25.6 Å². The minimum atomic E-state index is -1.00. The number of carbonyl (C=O) groups excluding carboxylic acids is 1. The fourth-order valence-corrected chi connectivity index (χ4v) is 2.07. The van der Waals surface area contributed by atoms with Crippen LogP contribution in [0.3, 0.4) is 0 Å². The van der Waals surface area contributed by atoms with Crippen LogP contribution in [0.2, 0.25) is 0 Å². The molecule has 116 valence electrons. The molecule has 1 aliphatic rings. The molecule has 1 aromatic heterocycles. The molecule has 1 atom stereocenters. The quantitative estimate of drug-likeness (QED) is 0.612. The first-order valence-corrected chi connectivity index (χ1v) is 6.01. The predicted molar refractivity (Wildman–Crippen MR) is 72.2 cm³/mol. The smallest absolute Gasteiger partial charge is 0.403 e. The number of nitrogens with one attached hydrogen (secondary N) is 2. The molecule has 0 fully saturated rings. The summed E-state index contributed by atoms with van der Waals surface area (Å²) in [6.45, 7) is 2.84. The lowest BCUT2D eigenvalue weighted by Crippen LogP contribution is -2.43. The van der Waals surface area contributed by atoms with Gasteiger partial charge in [0.25, 0.3) is 5.96 Å². The van der Waals surface area contributed by atoms with E-state index in [9.17, 15) is 25.0 Å². The van der Waals surface area contributed by atoms with Gasteiger partial charge < -0.3 is 9.73 Å². The fraction of sp³-hybridized carbons (Fsp3) is 0.273. The average Bonchev–Trinajstić information content (AvgIpc) is 2.85. The number of Topliss-reactive ketones (excluding diaryl/α,β-unsaturated/α-hetero) is 1. The van der Waals surface area contributed by atoms with Gasteiger partial charge in [0.2, 0.25) is 0 Å². The first-order chi connectivity index (χ1) is 10.3. The number of aliphatic imine (C=N–C) groups is 1. The SMILES string of the molecule is CC(=O)C1=C(C)NC(N[N+](=O)[O-])=N[C@H]1c1ccc([N+](=O)[O-])o1. The van der Waals surface area contributed by atoms with Crippen LogP contribution in [0.4, 0.5) is 5.88 Å². The number of rotatable bonds is 4. The van der Waals surface area contributed by atoms with E-state index in [1.165, 1.54) is 19.9 Å². The Morgan fingerprint density at radius 3 is 2.59 bits per heavy atom. The molecule has 2 rings (SSSR count). The van der Waals surface area contributed by atoms with Crippen molar-refractivity contribution in [3.63, 3.8) is 0 Å². The molecule has 0 spiro atoms. The van der Waals surface area contributed by atoms with Gasteiger partial charge in [-0.1, -0.05) is 5.43 Å². The molecule has 0 unspecified atom stereocenters. The zero-order valence-corrected chi connectivity index (χ0v) is 11.5. The molecular weight excluding hydrogens is 298 g/mol. The molecule has 11 nitrogen and oxygen atoms in total. The third-order valence-electron chi connectivity index (χ3n) is 2.88. The summed E-state index contributed by atoms with van der Waals surface area (Å²) < 4.78 is 5.05. The van der Waals surface area contributed by atoms with Gasteiger partial charge >= 0.3 is 5.88 Å². The van der Waals surface area contributed by atoms with Crippen molar-refractivity contribution in [1.29, 1.82) is 0 Å². The van der Waals surface area contributed by atoms with Crippen molar-refractivity contribution in [3.8, 4) is 0 Å². The molecule has 0 radical (unpaired) electrons. The van der Waals surface area contributed by atoms with Crippen molar-refractivity contribution in [2.75, 3.05) is 0 Å². The summed E-state index contributed by atoms with van der Waals surface area (Å²) in [7, 11) is 0. The molecule has 0 saturated carbocycles. The number of ketones is 1. The topological polar surface area (TPSA) is 153 Å². The molecule has 1 aromatic rings. The Hall–Kier alpha value is -3.24. The van der Waals surface area contributed by atoms with Gasteiger partial charge in [-0.05, 0) is 19.9 Å². The Morgan fingerprint density at radius 1 is 1.41 bits per heavy atom. The summed E-state index contributed by atoms with van der Waals surface area (Å²) >= 11 is 0. The molecule has 2 heterocycles. The molecule has 11 heteroatoms. The lowest BCUT2D eigenvalue weighted by molar-refractivity contribution is -0.525. The highest BCUT2D eigenvalue weighted by Crippen LogP contribution is 2.33. The highest BCUT2D eigenvalue weighted by molar-refractivity contribution is 5.98. The number of furan rings is 1. The van der Waals surface area contributed by atoms with Crippen LogP contribution in [0.15, 0.2) is 32.8 Å². The van der Waals surface area contributed by atoms with Gasteiger partial charge in [0, 0.05) is 11.3 Å². The van der Waals surface area contributed by atoms with Gasteiger partial charge in [0.1, 0.15) is 16.7 Å². The third kappa shape index (κ3) is 2.92. The maximum Gasteiger partial charge on any atom is 0.433 e. The van der Waals surface area contributed by atoms with Crippen molar-refractivity contribution in [1.82, 2.24) is 10.7 Å². The van der Waals surface area contributed by atoms with Gasteiger partial charge in [0.15, 0.2) is 10.8 Å². The molecular formula is C11H11N5O6. The Balaban J connectivity index is 2.46. The Kier molecular flexibility index (Phi) is 3.88. The number of allylic oxidation sites excluding steroid dienone is 1. The number of nitrogens with zero attached hydrogens (tertiary/aromatic N) is 3. The maximum atomic E-state index is 11.8. The second-order valence-corrected chi connectivity index (χ2v) is 4.40. The first kappa shape index (κ1) is 15.2. The molecule has 0 aromatic carbocycles. The van der Waals surface area contributed by atoms with E-state index in [1.54, 1.807) is 0 Å². The lowest BCUT2D eigenvalue weighted by atomic mass is 9.98. The number of hydrogen-bond acceptors (Lipinski definition) is 8. The van der Waals surface area contributed by atoms with Crippen LogP contribution >= 0.6 is 0 Å². The summed E-state index contributed by atoms with van der Waals surface area (Å²) in [5.41, 5.74) is 2.39. The Labute approximate surface area is 123 Å². The van der Waals surface area contributed by atoms with Crippen molar-refractivity contribution >= 4 is 17.6 Å². The zero-order valence-electron chi connectivity index (χ0n) is 11.5. The van der Waals surface area contributed by atoms with Gasteiger partial charge in [-0.3, -0.25) is 14.9 Å². The van der Waals surface area contributed by atoms with E-state index in [4.69, 9.17) is 4.42 Å². The molecule has 2 N–H and O–H groups in total. The van der Waals surface area contributed by atoms with E-state index in [0.29, 0.717) is 5.70 Å². The van der Waals surface area contributed by atoms with E-state index in [1.807, 2.05) is 5.43 Å². The van der Waals surface area contributed by atoms with Gasteiger partial charge in [-0.25, -0.2) is 15.1 Å². The standard InChI is InChI=1S/C11H11N5O6/c1-5-9(6(2)17)10(13-11(12-5)14-16(20)21)7-3-4-8(22-7)15(18)19/h3-4,10H,1-2H3,(H2,12,13,14)/t10-/m0/s1. The number of hydrazine groups is 1. The lowest BCUT2D eigenvalue weighted by Gasteiger charge is -2.22. The van der Waals surface area contributed by atoms with Crippen molar-refractivity contribution < 1.29 is 19.2 Å². The van der Waals surface area contributed by atoms with Crippen molar-refractivity contribution in [3.05, 3.63) is 49.4 Å². The average molecular weight is 309 g/mol. The molecule has 1 aliphatic heterocycles. The molecule has 0 saturated heterocycles. The minimum absolute atomic E-state index is 0.0420. The number of nitro groups is 2. The monoisotopic (exact) mass is 309 g/mol. The summed E-state index contributed by atoms with van der Waals surface area (Å²) in [5, 5.41) is 22.9. The zero-order chi connectivity index (χ0) is 16.4. The summed E-state index contributed by atoms with van der Waals surface area (Å²) in [6.07, 6.45) is 0. The second kappa shape index (κ2) is 5.63. The normalized spacial score (nSPS) is 17.5. The van der Waals surface area contributed by atoms with Crippen LogP contribution in [0, 0.1) is 20.2 Å². The van der Waals surface area contributed by atoms with Gasteiger partial charge in [-0.2, -0.15) is 0 Å². The van der Waals surface area contributed by atoms with Crippen LogP contribution in [0.25, 0.3) is 0 Å². The van der Waals surface area contributed by atoms with Crippen LogP contribution in [-0.4, -0.2) is 21.7 Å². The van der Waals surface area contributed by atoms with E-state index in [0.717, 1.165) is 6.07 Å². The largest absolute Gasteiger partial charge is 0.433 e. The summed E-state index contributed by atoms with van der Waals surface area (Å²) in [4.78, 5) is 36.2. The molecule has 0 aliphatic carbocycles. The van der Waals surface area contributed by atoms with E-state index in [-0.39, 0.29) is 23.1 Å².